The third-order valence-electron chi connectivity index (χ3n) is 3.82. The van der Waals surface area contributed by atoms with Crippen molar-refractivity contribution in [1.82, 2.24) is 5.32 Å². The highest BCUT2D eigenvalue weighted by atomic mass is 16.6. The largest absolute Gasteiger partial charge is 0.413 e. The predicted molar refractivity (Wildman–Crippen MR) is 69.9 cm³/mol. The molecular formula is C15H17NO2. The lowest BCUT2D eigenvalue weighted by molar-refractivity contribution is 0.195. The van der Waals surface area contributed by atoms with Gasteiger partial charge in [0.2, 0.25) is 0 Å². The fraction of sp³-hybridized carbons (Fsp3) is 0.400. The van der Waals surface area contributed by atoms with Crippen LogP contribution in [0.4, 0.5) is 4.79 Å². The van der Waals surface area contributed by atoms with Crippen LogP contribution in [0.2, 0.25) is 0 Å². The second kappa shape index (κ2) is 4.48. The SMILES string of the molecule is O=C1NC2(CCCCC2)/C(=C/c2ccccc2)O1. The molecule has 1 spiro atoms. The van der Waals surface area contributed by atoms with Crippen molar-refractivity contribution in [1.29, 1.82) is 0 Å². The van der Waals surface area contributed by atoms with Gasteiger partial charge in [0.1, 0.15) is 11.3 Å². The van der Waals surface area contributed by atoms with Crippen molar-refractivity contribution in [3.8, 4) is 0 Å². The number of nitrogens with one attached hydrogen (secondary N) is 1. The van der Waals surface area contributed by atoms with E-state index in [-0.39, 0.29) is 11.6 Å². The number of cyclic esters (lactones) is 1. The molecule has 0 unspecified atom stereocenters. The average molecular weight is 243 g/mol. The smallest absolute Gasteiger partial charge is 0.412 e. The highest BCUT2D eigenvalue weighted by molar-refractivity contribution is 5.77. The molecule has 1 heterocycles. The molecule has 94 valence electrons. The number of alkyl carbamates (subject to hydrolysis) is 1. The van der Waals surface area contributed by atoms with Crippen LogP contribution in [0.5, 0.6) is 0 Å². The van der Waals surface area contributed by atoms with E-state index in [1.165, 1.54) is 6.42 Å². The van der Waals surface area contributed by atoms with Gasteiger partial charge in [-0.15, -0.1) is 0 Å². The zero-order chi connectivity index (χ0) is 12.4. The molecule has 1 aliphatic carbocycles. The maximum atomic E-state index is 11.5. The van der Waals surface area contributed by atoms with E-state index < -0.39 is 0 Å². The zero-order valence-electron chi connectivity index (χ0n) is 10.3. The molecular weight excluding hydrogens is 226 g/mol. The molecule has 18 heavy (non-hydrogen) atoms. The standard InChI is InChI=1S/C15H17NO2/c17-14-16-15(9-5-2-6-10-15)13(18-14)11-12-7-3-1-4-8-12/h1,3-4,7-8,11H,2,5-6,9-10H2,(H,16,17)/b13-11-. The molecule has 0 aromatic heterocycles. The van der Waals surface area contributed by atoms with E-state index in [2.05, 4.69) is 5.32 Å². The lowest BCUT2D eigenvalue weighted by atomic mass is 9.80. The molecule has 2 aliphatic rings. The Morgan fingerprint density at radius 2 is 1.83 bits per heavy atom. The molecule has 0 radical (unpaired) electrons. The summed E-state index contributed by atoms with van der Waals surface area (Å²) in [4.78, 5) is 11.5. The predicted octanol–water partition coefficient (Wildman–Crippen LogP) is 3.47. The van der Waals surface area contributed by atoms with Gasteiger partial charge in [-0.2, -0.15) is 0 Å². The van der Waals surface area contributed by atoms with E-state index in [0.717, 1.165) is 37.0 Å². The van der Waals surface area contributed by atoms with E-state index in [4.69, 9.17) is 4.74 Å². The molecule has 1 aromatic rings. The summed E-state index contributed by atoms with van der Waals surface area (Å²) in [5.41, 5.74) is 0.833. The lowest BCUT2D eigenvalue weighted by Gasteiger charge is -2.31. The highest BCUT2D eigenvalue weighted by Crippen LogP contribution is 2.39. The summed E-state index contributed by atoms with van der Waals surface area (Å²) >= 11 is 0. The quantitative estimate of drug-likeness (QED) is 0.820. The second-order valence-electron chi connectivity index (χ2n) is 5.08. The summed E-state index contributed by atoms with van der Waals surface area (Å²) in [6, 6.07) is 10.0. The molecule has 3 heteroatoms. The molecule has 0 atom stereocenters. The highest BCUT2D eigenvalue weighted by Gasteiger charge is 2.45. The van der Waals surface area contributed by atoms with Crippen molar-refractivity contribution < 1.29 is 9.53 Å². The number of ether oxygens (including phenoxy) is 1. The van der Waals surface area contributed by atoms with E-state index >= 15 is 0 Å². The van der Waals surface area contributed by atoms with Gasteiger partial charge in [0.15, 0.2) is 0 Å². The molecule has 2 fully saturated rings. The fourth-order valence-electron chi connectivity index (χ4n) is 2.88. The summed E-state index contributed by atoms with van der Waals surface area (Å²) in [5, 5.41) is 3.01. The first-order valence-corrected chi connectivity index (χ1v) is 6.56. The molecule has 1 aromatic carbocycles. The van der Waals surface area contributed by atoms with Crippen molar-refractivity contribution in [3.63, 3.8) is 0 Å². The lowest BCUT2D eigenvalue weighted by Crippen LogP contribution is -2.43. The van der Waals surface area contributed by atoms with Gasteiger partial charge in [-0.1, -0.05) is 49.6 Å². The summed E-state index contributed by atoms with van der Waals surface area (Å²) in [6.07, 6.45) is 7.19. The van der Waals surface area contributed by atoms with Gasteiger partial charge in [0.05, 0.1) is 0 Å². The van der Waals surface area contributed by atoms with Crippen LogP contribution in [0.3, 0.4) is 0 Å². The van der Waals surface area contributed by atoms with E-state index in [1.807, 2.05) is 36.4 Å². The van der Waals surface area contributed by atoms with Crippen molar-refractivity contribution >= 4 is 12.2 Å². The van der Waals surface area contributed by atoms with Crippen LogP contribution in [0, 0.1) is 0 Å². The van der Waals surface area contributed by atoms with Gasteiger partial charge in [-0.25, -0.2) is 4.79 Å². The number of hydrogen-bond acceptors (Lipinski definition) is 2. The Morgan fingerprint density at radius 1 is 1.11 bits per heavy atom. The van der Waals surface area contributed by atoms with Crippen LogP contribution in [0.15, 0.2) is 36.1 Å². The normalized spacial score (nSPS) is 24.0. The Labute approximate surface area is 107 Å². The Balaban J connectivity index is 1.94. The maximum Gasteiger partial charge on any atom is 0.413 e. The Kier molecular flexibility index (Phi) is 2.82. The van der Waals surface area contributed by atoms with Crippen LogP contribution >= 0.6 is 0 Å². The number of hydrogen-bond donors (Lipinski definition) is 1. The van der Waals surface area contributed by atoms with Crippen LogP contribution < -0.4 is 5.32 Å². The van der Waals surface area contributed by atoms with Gasteiger partial charge in [0, 0.05) is 0 Å². The van der Waals surface area contributed by atoms with Gasteiger partial charge < -0.3 is 10.1 Å². The monoisotopic (exact) mass is 243 g/mol. The summed E-state index contributed by atoms with van der Waals surface area (Å²) in [6.45, 7) is 0. The van der Waals surface area contributed by atoms with E-state index in [1.54, 1.807) is 0 Å². The Bertz CT molecular complexity index is 473. The zero-order valence-corrected chi connectivity index (χ0v) is 10.3. The van der Waals surface area contributed by atoms with Crippen LogP contribution in [0.1, 0.15) is 37.7 Å². The molecule has 1 amide bonds. The number of rotatable bonds is 1. The van der Waals surface area contributed by atoms with Crippen molar-refractivity contribution in [2.24, 2.45) is 0 Å². The third-order valence-corrected chi connectivity index (χ3v) is 3.82. The minimum Gasteiger partial charge on any atom is -0.412 e. The number of carbonyl (C=O) groups is 1. The van der Waals surface area contributed by atoms with Gasteiger partial charge >= 0.3 is 6.09 Å². The molecule has 3 rings (SSSR count). The van der Waals surface area contributed by atoms with Gasteiger partial charge in [-0.3, -0.25) is 0 Å². The first-order chi connectivity index (χ1) is 8.78. The summed E-state index contributed by atoms with van der Waals surface area (Å²) in [7, 11) is 0. The molecule has 1 saturated heterocycles. The number of amides is 1. The first kappa shape index (κ1) is 11.3. The van der Waals surface area contributed by atoms with E-state index in [9.17, 15) is 4.79 Å². The molecule has 1 saturated carbocycles. The fourth-order valence-corrected chi connectivity index (χ4v) is 2.88. The second-order valence-corrected chi connectivity index (χ2v) is 5.08. The van der Waals surface area contributed by atoms with Crippen molar-refractivity contribution in [3.05, 3.63) is 41.7 Å². The Morgan fingerprint density at radius 3 is 2.56 bits per heavy atom. The van der Waals surface area contributed by atoms with Gasteiger partial charge in [0.25, 0.3) is 0 Å². The van der Waals surface area contributed by atoms with Gasteiger partial charge in [-0.05, 0) is 24.5 Å². The van der Waals surface area contributed by atoms with Crippen molar-refractivity contribution in [2.45, 2.75) is 37.6 Å². The van der Waals surface area contributed by atoms with Crippen LogP contribution in [-0.4, -0.2) is 11.6 Å². The Hall–Kier alpha value is -1.77. The molecule has 1 N–H and O–H groups in total. The van der Waals surface area contributed by atoms with Crippen LogP contribution in [0.25, 0.3) is 6.08 Å². The third kappa shape index (κ3) is 2.01. The molecule has 3 nitrogen and oxygen atoms in total. The summed E-state index contributed by atoms with van der Waals surface area (Å²) in [5.74, 6) is 0.790. The average Bonchev–Trinajstić information content (AvgIpc) is 2.67. The minimum absolute atomic E-state index is 0.245. The van der Waals surface area contributed by atoms with Crippen LogP contribution in [-0.2, 0) is 4.74 Å². The summed E-state index contributed by atoms with van der Waals surface area (Å²) < 4.78 is 5.37. The minimum atomic E-state index is -0.306. The number of carbonyl (C=O) groups excluding carboxylic acids is 1. The van der Waals surface area contributed by atoms with E-state index in [0.29, 0.717) is 0 Å². The van der Waals surface area contributed by atoms with Crippen molar-refractivity contribution in [2.75, 3.05) is 0 Å². The molecule has 1 aliphatic heterocycles. The maximum absolute atomic E-state index is 11.5. The number of benzene rings is 1. The molecule has 0 bridgehead atoms. The topological polar surface area (TPSA) is 38.3 Å². The first-order valence-electron chi connectivity index (χ1n) is 6.56.